The molecule has 0 amide bonds. The zero-order valence-corrected chi connectivity index (χ0v) is 4.78. The quantitative estimate of drug-likeness (QED) is 0.446. The van der Waals surface area contributed by atoms with E-state index in [4.69, 9.17) is 2.81 Å². The van der Waals surface area contributed by atoms with Gasteiger partial charge in [0.15, 0.2) is 0 Å². The monoisotopic (exact) mass is 134 g/mol. The van der Waals surface area contributed by atoms with Crippen molar-refractivity contribution in [2.24, 2.45) is 0 Å². The zero-order chi connectivity index (χ0) is 4.00. The van der Waals surface area contributed by atoms with E-state index in [1.54, 1.807) is 0 Å². The zero-order valence-electron chi connectivity index (χ0n) is 2.32. The summed E-state index contributed by atoms with van der Waals surface area (Å²) < 4.78 is 8.34. The van der Waals surface area contributed by atoms with Crippen LogP contribution in [0.3, 0.4) is 0 Å². The first-order valence-electron chi connectivity index (χ1n) is 0.704. The van der Waals surface area contributed by atoms with E-state index in [0.717, 1.165) is 0 Å². The first-order valence-corrected chi connectivity index (χ1v) is 1.71. The summed E-state index contributed by atoms with van der Waals surface area (Å²) >= 11 is 0.300. The molecule has 4 heavy (non-hydrogen) atoms. The average Bonchev–Trinajstić information content (AvgIpc) is 1.50. The predicted molar refractivity (Wildman–Crippen MR) is 11.9 cm³/mol. The first-order chi connectivity index (χ1) is 2.00. The Morgan fingerprint density at radius 3 is 1.25 bits per heavy atom. The van der Waals surface area contributed by atoms with Gasteiger partial charge in [0, 0.05) is 0 Å². The predicted octanol–water partition coefficient (Wildman–Crippen LogP) is 0.681. The number of hydrogen-bond donors (Lipinski definition) is 0. The minimum absolute atomic E-state index is 0.300. The molecule has 0 heterocycles. The molecule has 0 fully saturated rings. The second-order valence-corrected chi connectivity index (χ2v) is 0. The molecule has 0 unspecified atom stereocenters. The van der Waals surface area contributed by atoms with Crippen LogP contribution in [0.25, 0.3) is 0 Å². The van der Waals surface area contributed by atoms with E-state index >= 15 is 0 Å². The summed E-state index contributed by atoms with van der Waals surface area (Å²) in [6.45, 7) is 6.00. The van der Waals surface area contributed by atoms with Crippen LogP contribution in [0.1, 0.15) is 0 Å². The van der Waals surface area contributed by atoms with Crippen molar-refractivity contribution < 1.29 is 27.5 Å². The van der Waals surface area contributed by atoms with Crippen LogP contribution >= 0.6 is 0 Å². The van der Waals surface area contributed by atoms with Crippen LogP contribution in [0.5, 0.6) is 0 Å². The van der Waals surface area contributed by atoms with E-state index in [1.807, 2.05) is 0 Å². The van der Waals surface area contributed by atoms with Crippen molar-refractivity contribution in [3.05, 3.63) is 13.2 Å². The third-order valence-electron chi connectivity index (χ3n) is 0. The minimum atomic E-state index is 0.300. The molecule has 0 aliphatic rings. The van der Waals surface area contributed by atoms with Crippen molar-refractivity contribution >= 4 is 0 Å². The molecular formula is C2H4OZr. The Bertz CT molecular complexity index is 8.00. The van der Waals surface area contributed by atoms with Gasteiger partial charge in [-0.05, 0) is 0 Å². The summed E-state index contributed by atoms with van der Waals surface area (Å²) in [4.78, 5) is 0. The summed E-state index contributed by atoms with van der Waals surface area (Å²) in [5, 5.41) is 0. The standard InChI is InChI=1S/C2H4.O.Zr/c1-2;;/h1-2H2;;. The fraction of sp³-hybridized carbons (Fsp3) is 0. The summed E-state index contributed by atoms with van der Waals surface area (Å²) in [7, 11) is 0. The molecule has 22 valence electrons. The fourth-order valence-electron chi connectivity index (χ4n) is 0. The molecule has 0 radical (unpaired) electrons. The Balaban J connectivity index is 0. The molecule has 2 heteroatoms. The molecule has 0 bridgehead atoms. The van der Waals surface area contributed by atoms with Crippen molar-refractivity contribution in [3.8, 4) is 0 Å². The van der Waals surface area contributed by atoms with Crippen LogP contribution < -0.4 is 0 Å². The Morgan fingerprint density at radius 1 is 1.25 bits per heavy atom. The van der Waals surface area contributed by atoms with Gasteiger partial charge in [-0.1, -0.05) is 0 Å². The summed E-state index contributed by atoms with van der Waals surface area (Å²) in [6.07, 6.45) is 0. The second kappa shape index (κ2) is 112. The van der Waals surface area contributed by atoms with Gasteiger partial charge in [-0.3, -0.25) is 0 Å². The van der Waals surface area contributed by atoms with Crippen molar-refractivity contribution in [3.63, 3.8) is 0 Å². The Labute approximate surface area is 41.0 Å². The van der Waals surface area contributed by atoms with Gasteiger partial charge in [-0.15, -0.1) is 13.2 Å². The molecule has 0 saturated carbocycles. The first kappa shape index (κ1) is 8.83. The Kier molecular flexibility index (Phi) is 248. The maximum atomic E-state index is 8.34. The summed E-state index contributed by atoms with van der Waals surface area (Å²) in [5.41, 5.74) is 0. The van der Waals surface area contributed by atoms with E-state index < -0.39 is 0 Å². The van der Waals surface area contributed by atoms with E-state index in [-0.39, 0.29) is 0 Å². The van der Waals surface area contributed by atoms with E-state index in [2.05, 4.69) is 13.2 Å². The van der Waals surface area contributed by atoms with Gasteiger partial charge < -0.3 is 0 Å². The van der Waals surface area contributed by atoms with Crippen molar-refractivity contribution in [2.45, 2.75) is 0 Å². The molecule has 0 atom stereocenters. The molecule has 0 aliphatic heterocycles. The normalized spacial score (nSPS) is 1.75. The van der Waals surface area contributed by atoms with Crippen molar-refractivity contribution in [1.82, 2.24) is 0 Å². The van der Waals surface area contributed by atoms with Crippen molar-refractivity contribution in [1.29, 1.82) is 0 Å². The van der Waals surface area contributed by atoms with Crippen LogP contribution in [0, 0.1) is 0 Å². The Morgan fingerprint density at radius 2 is 1.25 bits per heavy atom. The molecule has 0 aromatic rings. The van der Waals surface area contributed by atoms with E-state index in [9.17, 15) is 0 Å². The topological polar surface area (TPSA) is 17.1 Å². The van der Waals surface area contributed by atoms with Crippen molar-refractivity contribution in [2.75, 3.05) is 0 Å². The summed E-state index contributed by atoms with van der Waals surface area (Å²) in [5.74, 6) is 0. The number of hydrogen-bond acceptors (Lipinski definition) is 1. The molecule has 0 spiro atoms. The van der Waals surface area contributed by atoms with Gasteiger partial charge in [-0.2, -0.15) is 0 Å². The fourth-order valence-corrected chi connectivity index (χ4v) is 0. The molecule has 0 aromatic heterocycles. The van der Waals surface area contributed by atoms with Gasteiger partial charge in [0.2, 0.25) is 0 Å². The second-order valence-electron chi connectivity index (χ2n) is 0. The average molecular weight is 135 g/mol. The Hall–Kier alpha value is 0.423. The molecule has 0 saturated heterocycles. The van der Waals surface area contributed by atoms with Crippen LogP contribution in [0.15, 0.2) is 13.2 Å². The molecule has 0 rings (SSSR count). The summed E-state index contributed by atoms with van der Waals surface area (Å²) in [6, 6.07) is 0. The maximum absolute atomic E-state index is 8.34. The molecule has 0 N–H and O–H groups in total. The van der Waals surface area contributed by atoms with Gasteiger partial charge in [0.1, 0.15) is 0 Å². The SMILES string of the molecule is C=C.[O]=[Zr]. The third-order valence-corrected chi connectivity index (χ3v) is 0. The molecule has 1 nitrogen and oxygen atoms in total. The van der Waals surface area contributed by atoms with E-state index in [1.165, 1.54) is 0 Å². The van der Waals surface area contributed by atoms with Crippen LogP contribution in [-0.2, 0) is 27.5 Å². The van der Waals surface area contributed by atoms with Crippen LogP contribution in [-0.4, -0.2) is 0 Å². The van der Waals surface area contributed by atoms with Gasteiger partial charge >= 0.3 is 27.5 Å². The van der Waals surface area contributed by atoms with Crippen LogP contribution in [0.4, 0.5) is 0 Å². The van der Waals surface area contributed by atoms with Gasteiger partial charge in [0.05, 0.1) is 0 Å². The molecule has 0 aromatic carbocycles. The molecule has 0 aliphatic carbocycles. The van der Waals surface area contributed by atoms with Crippen LogP contribution in [0.2, 0.25) is 0 Å². The van der Waals surface area contributed by atoms with Gasteiger partial charge in [0.25, 0.3) is 0 Å². The number of rotatable bonds is 0. The van der Waals surface area contributed by atoms with Gasteiger partial charge in [-0.25, -0.2) is 0 Å². The van der Waals surface area contributed by atoms with E-state index in [0.29, 0.717) is 24.7 Å². The third kappa shape index (κ3) is 27.4. The molecular weight excluding hydrogens is 131 g/mol.